The average Bonchev–Trinajstić information content (AvgIpc) is 3.33. The quantitative estimate of drug-likeness (QED) is 0.537. The van der Waals surface area contributed by atoms with Crippen molar-refractivity contribution in [1.82, 2.24) is 20.8 Å². The number of rotatable bonds is 9. The number of fused-ring (bicyclic) bond motifs is 1. The number of hydrogen-bond donors (Lipinski definition) is 2. The molecule has 3 heterocycles. The number of anilines is 1. The normalized spacial score (nSPS) is 17.0. The van der Waals surface area contributed by atoms with E-state index in [0.717, 1.165) is 42.9 Å². The van der Waals surface area contributed by atoms with E-state index in [2.05, 4.69) is 25.7 Å². The number of piperidine rings is 1. The van der Waals surface area contributed by atoms with E-state index in [4.69, 9.17) is 9.47 Å². The van der Waals surface area contributed by atoms with Crippen LogP contribution in [0.3, 0.4) is 0 Å². The number of nitrogens with one attached hydrogen (secondary N) is 2. The van der Waals surface area contributed by atoms with Gasteiger partial charge in [-0.15, -0.1) is 10.2 Å². The lowest BCUT2D eigenvalue weighted by Crippen LogP contribution is -2.43. The minimum Gasteiger partial charge on any atom is -0.454 e. The van der Waals surface area contributed by atoms with E-state index in [-0.39, 0.29) is 30.3 Å². The number of ether oxygens (including phenoxy) is 2. The van der Waals surface area contributed by atoms with Crippen LogP contribution in [0.1, 0.15) is 31.7 Å². The molecule has 1 aromatic heterocycles. The predicted octanol–water partition coefficient (Wildman–Crippen LogP) is 2.36. The Morgan fingerprint density at radius 3 is 2.85 bits per heavy atom. The van der Waals surface area contributed by atoms with Crippen molar-refractivity contribution in [2.24, 2.45) is 5.92 Å². The Bertz CT molecular complexity index is 972. The highest BCUT2D eigenvalue weighted by Crippen LogP contribution is 2.32. The maximum atomic E-state index is 12.3. The summed E-state index contributed by atoms with van der Waals surface area (Å²) in [5.41, 5.74) is 0.949. The summed E-state index contributed by atoms with van der Waals surface area (Å²) in [4.78, 5) is 26.6. The Kier molecular flexibility index (Phi) is 7.87. The number of nitrogens with zero attached hydrogens (tertiary/aromatic N) is 3. The molecule has 2 aromatic rings. The van der Waals surface area contributed by atoms with Crippen LogP contribution in [0.25, 0.3) is 0 Å². The van der Waals surface area contributed by atoms with Crippen LogP contribution in [-0.4, -0.2) is 54.2 Å². The van der Waals surface area contributed by atoms with Gasteiger partial charge in [-0.05, 0) is 49.1 Å². The molecule has 0 spiro atoms. The average molecular weight is 472 g/mol. The number of thioether (sulfide) groups is 1. The molecular formula is C23H29N5O4S. The Labute approximate surface area is 197 Å². The lowest BCUT2D eigenvalue weighted by atomic mass is 9.97. The third-order valence-corrected chi connectivity index (χ3v) is 6.49. The largest absolute Gasteiger partial charge is 0.454 e. The third kappa shape index (κ3) is 6.28. The summed E-state index contributed by atoms with van der Waals surface area (Å²) in [6, 6.07) is 9.41. The van der Waals surface area contributed by atoms with E-state index in [1.807, 2.05) is 37.3 Å². The monoisotopic (exact) mass is 471 g/mol. The fourth-order valence-corrected chi connectivity index (χ4v) is 4.44. The van der Waals surface area contributed by atoms with Gasteiger partial charge in [-0.25, -0.2) is 0 Å². The number of benzene rings is 1. The SMILES string of the molecule is CCCNC(=O)C1CCCN(c2ccc(SCC(=O)NCc3ccc4c(c3)OCO4)nn2)C1. The fraction of sp³-hybridized carbons (Fsp3) is 0.478. The van der Waals surface area contributed by atoms with Gasteiger partial charge in [-0.2, -0.15) is 0 Å². The van der Waals surface area contributed by atoms with Crippen molar-refractivity contribution in [2.45, 2.75) is 37.8 Å². The summed E-state index contributed by atoms with van der Waals surface area (Å²) in [6.07, 6.45) is 2.78. The minimum absolute atomic E-state index is 0.0189. The lowest BCUT2D eigenvalue weighted by Gasteiger charge is -2.32. The zero-order valence-corrected chi connectivity index (χ0v) is 19.5. The first kappa shape index (κ1) is 23.2. The summed E-state index contributed by atoms with van der Waals surface area (Å²) < 4.78 is 10.7. The first-order chi connectivity index (χ1) is 16.1. The van der Waals surface area contributed by atoms with E-state index in [1.165, 1.54) is 11.8 Å². The van der Waals surface area contributed by atoms with Crippen LogP contribution in [-0.2, 0) is 16.1 Å². The molecule has 1 aromatic carbocycles. The maximum Gasteiger partial charge on any atom is 0.231 e. The van der Waals surface area contributed by atoms with Gasteiger partial charge < -0.3 is 25.0 Å². The van der Waals surface area contributed by atoms with E-state index >= 15 is 0 Å². The molecule has 2 amide bonds. The molecule has 176 valence electrons. The van der Waals surface area contributed by atoms with Gasteiger partial charge >= 0.3 is 0 Å². The summed E-state index contributed by atoms with van der Waals surface area (Å²) in [5, 5.41) is 15.2. The van der Waals surface area contributed by atoms with Crippen molar-refractivity contribution < 1.29 is 19.1 Å². The highest BCUT2D eigenvalue weighted by atomic mass is 32.2. The molecule has 2 N–H and O–H groups in total. The molecule has 0 radical (unpaired) electrons. The summed E-state index contributed by atoms with van der Waals surface area (Å²) in [7, 11) is 0. The number of carbonyl (C=O) groups is 2. The lowest BCUT2D eigenvalue weighted by molar-refractivity contribution is -0.125. The number of amides is 2. The van der Waals surface area contributed by atoms with Gasteiger partial charge in [-0.1, -0.05) is 24.8 Å². The van der Waals surface area contributed by atoms with Crippen LogP contribution in [0.15, 0.2) is 35.4 Å². The van der Waals surface area contributed by atoms with Crippen molar-refractivity contribution in [3.8, 4) is 11.5 Å². The van der Waals surface area contributed by atoms with E-state index < -0.39 is 0 Å². The minimum atomic E-state index is -0.0829. The van der Waals surface area contributed by atoms with Gasteiger partial charge in [0.25, 0.3) is 0 Å². The molecule has 0 saturated carbocycles. The summed E-state index contributed by atoms with van der Waals surface area (Å²) in [6.45, 7) is 4.92. The van der Waals surface area contributed by atoms with Crippen molar-refractivity contribution >= 4 is 29.4 Å². The molecule has 1 atom stereocenters. The first-order valence-corrected chi connectivity index (χ1v) is 12.3. The van der Waals surface area contributed by atoms with Crippen molar-refractivity contribution in [3.63, 3.8) is 0 Å². The van der Waals surface area contributed by atoms with Crippen LogP contribution >= 0.6 is 11.8 Å². The highest BCUT2D eigenvalue weighted by molar-refractivity contribution is 7.99. The molecule has 1 unspecified atom stereocenters. The standard InChI is InChI=1S/C23H29N5O4S/c1-2-9-24-23(30)17-4-3-10-28(13-17)20-7-8-22(27-26-20)33-14-21(29)25-12-16-5-6-18-19(11-16)32-15-31-18/h5-8,11,17H,2-4,9-10,12-15H2,1H3,(H,24,30)(H,25,29). The van der Waals surface area contributed by atoms with Gasteiger partial charge in [0.05, 0.1) is 11.7 Å². The molecule has 0 aliphatic carbocycles. The summed E-state index contributed by atoms with van der Waals surface area (Å²) in [5.74, 6) is 2.46. The van der Waals surface area contributed by atoms with Gasteiger partial charge in [0, 0.05) is 26.2 Å². The van der Waals surface area contributed by atoms with E-state index in [0.29, 0.717) is 30.4 Å². The molecule has 0 bridgehead atoms. The van der Waals surface area contributed by atoms with Crippen LogP contribution in [0.4, 0.5) is 5.82 Å². The second-order valence-electron chi connectivity index (χ2n) is 8.06. The number of carbonyl (C=O) groups excluding carboxylic acids is 2. The van der Waals surface area contributed by atoms with Crippen molar-refractivity contribution in [1.29, 1.82) is 0 Å². The van der Waals surface area contributed by atoms with Crippen LogP contribution in [0.5, 0.6) is 11.5 Å². The zero-order valence-electron chi connectivity index (χ0n) is 18.7. The first-order valence-electron chi connectivity index (χ1n) is 11.3. The second kappa shape index (κ2) is 11.2. The maximum absolute atomic E-state index is 12.3. The third-order valence-electron chi connectivity index (χ3n) is 5.57. The van der Waals surface area contributed by atoms with Crippen molar-refractivity contribution in [3.05, 3.63) is 35.9 Å². The Balaban J connectivity index is 1.22. The summed E-state index contributed by atoms with van der Waals surface area (Å²) >= 11 is 1.34. The van der Waals surface area contributed by atoms with E-state index in [1.54, 1.807) is 0 Å². The smallest absolute Gasteiger partial charge is 0.231 e. The molecule has 1 fully saturated rings. The molecule has 9 nitrogen and oxygen atoms in total. The van der Waals surface area contributed by atoms with Crippen LogP contribution in [0, 0.1) is 5.92 Å². The van der Waals surface area contributed by atoms with Crippen molar-refractivity contribution in [2.75, 3.05) is 37.1 Å². The molecule has 4 rings (SSSR count). The van der Waals surface area contributed by atoms with Gasteiger partial charge in [0.15, 0.2) is 17.3 Å². The van der Waals surface area contributed by atoms with Gasteiger partial charge in [0.1, 0.15) is 5.03 Å². The highest BCUT2D eigenvalue weighted by Gasteiger charge is 2.26. The van der Waals surface area contributed by atoms with Crippen LogP contribution < -0.4 is 25.0 Å². The molecular weight excluding hydrogens is 442 g/mol. The zero-order chi connectivity index (χ0) is 23.0. The molecule has 2 aliphatic rings. The number of hydrogen-bond acceptors (Lipinski definition) is 8. The molecule has 1 saturated heterocycles. The predicted molar refractivity (Wildman–Crippen MR) is 125 cm³/mol. The van der Waals surface area contributed by atoms with Crippen LogP contribution in [0.2, 0.25) is 0 Å². The van der Waals surface area contributed by atoms with Gasteiger partial charge in [0.2, 0.25) is 18.6 Å². The Hall–Kier alpha value is -3.01. The molecule has 33 heavy (non-hydrogen) atoms. The van der Waals surface area contributed by atoms with Gasteiger partial charge in [-0.3, -0.25) is 9.59 Å². The number of aromatic nitrogens is 2. The topological polar surface area (TPSA) is 106 Å². The Morgan fingerprint density at radius 1 is 1.15 bits per heavy atom. The molecule has 10 heteroatoms. The fourth-order valence-electron chi connectivity index (χ4n) is 3.79. The Morgan fingerprint density at radius 2 is 2.03 bits per heavy atom. The molecule has 2 aliphatic heterocycles. The van der Waals surface area contributed by atoms with E-state index in [9.17, 15) is 9.59 Å². The second-order valence-corrected chi connectivity index (χ2v) is 9.05.